The lowest BCUT2D eigenvalue weighted by Gasteiger charge is -2.44. The van der Waals surface area contributed by atoms with Crippen LogP contribution in [0.15, 0.2) is 140 Å². The normalized spacial score (nSPS) is 18.0. The van der Waals surface area contributed by atoms with Crippen LogP contribution in [0.1, 0.15) is 113 Å². The number of nitrogens with zero attached hydrogens (tertiary/aromatic N) is 6. The van der Waals surface area contributed by atoms with Gasteiger partial charge in [-0.15, -0.1) is 0 Å². The van der Waals surface area contributed by atoms with E-state index in [1.54, 1.807) is 40.9 Å². The smallest absolute Gasteiger partial charge is 0.416 e. The summed E-state index contributed by atoms with van der Waals surface area (Å²) >= 11 is 0. The van der Waals surface area contributed by atoms with Crippen molar-refractivity contribution < 1.29 is 73.7 Å². The Morgan fingerprint density at radius 2 is 1.33 bits per heavy atom. The van der Waals surface area contributed by atoms with Crippen LogP contribution in [0.3, 0.4) is 0 Å². The Hall–Kier alpha value is -8.58. The van der Waals surface area contributed by atoms with Crippen LogP contribution in [-0.2, 0) is 53.6 Å². The first-order chi connectivity index (χ1) is 47.4. The van der Waals surface area contributed by atoms with Gasteiger partial charge in [-0.3, -0.25) is 24.5 Å². The molecular formula is C75H87F7N8O9. The quantitative estimate of drug-likeness (QED) is 0.0371. The molecular weight excluding hydrogens is 1290 g/mol. The van der Waals surface area contributed by atoms with Gasteiger partial charge < -0.3 is 53.7 Å². The standard InChI is InChI=1S/C75H87F7N8O9/c1-85(35-15-36-87(3)70(94)62-28-27-59(48-65(62)96-4)83-34-14-6-9-22-67(91)86(2)42-43-88-37-29-60(30-38-88)99-71(95)84-64-21-13-11-19-61(64)52-16-7-5-8-17-52)68(92)49-97-66-46-53-18-10-12-20-63(53)72(66)31-39-89(40-32-72)41-33-73(55-23-25-58(76)26-24-55)50-90(51-98-73)69(93)54-44-56(74(77,78)79)47-57(45-54)75(80,81)82/h5,7-8,10-13,16-21,23-28,44-45,47-48,60,66,83H,6,9,14-15,22,29-43,46,49-51H2,1-4H3,(H,84,95)/t66-,73+/m0/s1. The summed E-state index contributed by atoms with van der Waals surface area (Å²) in [6.07, 6.45) is -4.26. The predicted octanol–water partition coefficient (Wildman–Crippen LogP) is 13.0. The number of benzene rings is 6. The van der Waals surface area contributed by atoms with Crippen molar-refractivity contribution in [3.8, 4) is 16.9 Å². The number of fused-ring (bicyclic) bond motifs is 2. The van der Waals surface area contributed by atoms with E-state index < -0.39 is 64.6 Å². The van der Waals surface area contributed by atoms with Crippen molar-refractivity contribution in [3.05, 3.63) is 184 Å². The summed E-state index contributed by atoms with van der Waals surface area (Å²) in [5, 5.41) is 6.34. The van der Waals surface area contributed by atoms with Crippen LogP contribution in [0.4, 0.5) is 46.9 Å². The van der Waals surface area contributed by atoms with Crippen LogP contribution in [-0.4, -0.2) is 185 Å². The van der Waals surface area contributed by atoms with Crippen LogP contribution in [0.5, 0.6) is 5.75 Å². The third-order valence-electron chi connectivity index (χ3n) is 19.8. The Kier molecular flexibility index (Phi) is 24.1. The number of likely N-dealkylation sites (N-methyl/N-ethyl adjacent to an activating group) is 2. The predicted molar refractivity (Wildman–Crippen MR) is 362 cm³/mol. The van der Waals surface area contributed by atoms with Gasteiger partial charge in [-0.05, 0) is 142 Å². The molecule has 6 aromatic rings. The molecule has 5 amide bonds. The maximum atomic E-state index is 14.3. The SMILES string of the molecule is COc1cc(NCCCCCC(=O)N(C)CCN2CCC(OC(=O)Nc3ccccc3-c3ccccc3)CC2)ccc1C(=O)N(C)CCCN(C)C(=O)CO[C@H]1Cc2ccccc2C12CCN(CC[C@]1(c3ccc(F)cc3)CN(C(=O)c3cc(C(F)(F)F)cc(C(F)(F)F)c3)CO1)CC2. The Labute approximate surface area is 573 Å². The number of halogens is 7. The van der Waals surface area contributed by atoms with Gasteiger partial charge in [-0.2, -0.15) is 26.3 Å². The molecule has 1 aliphatic carbocycles. The van der Waals surface area contributed by atoms with Crippen LogP contribution in [0.2, 0.25) is 0 Å². The molecule has 3 fully saturated rings. The van der Waals surface area contributed by atoms with E-state index in [9.17, 15) is 54.7 Å². The number of piperidine rings is 2. The number of carbonyl (C=O) groups excluding carboxylic acids is 5. The number of para-hydroxylation sites is 1. The Balaban J connectivity index is 0.618. The van der Waals surface area contributed by atoms with Gasteiger partial charge in [0, 0.05) is 108 Å². The van der Waals surface area contributed by atoms with Crippen LogP contribution in [0.25, 0.3) is 11.1 Å². The molecule has 3 aliphatic heterocycles. The number of nitrogens with one attached hydrogen (secondary N) is 2. The van der Waals surface area contributed by atoms with Gasteiger partial charge in [-0.1, -0.05) is 91.3 Å². The second-order valence-electron chi connectivity index (χ2n) is 26.3. The average Bonchev–Trinajstić information content (AvgIpc) is 1.61. The van der Waals surface area contributed by atoms with E-state index in [1.165, 1.54) is 31.4 Å². The van der Waals surface area contributed by atoms with Gasteiger partial charge in [0.1, 0.15) is 36.6 Å². The second kappa shape index (κ2) is 32.6. The first kappa shape index (κ1) is 73.1. The Morgan fingerprint density at radius 3 is 2.04 bits per heavy atom. The maximum Gasteiger partial charge on any atom is 0.416 e. The van der Waals surface area contributed by atoms with Gasteiger partial charge in [-0.25, -0.2) is 9.18 Å². The number of hydrogen-bond acceptors (Lipinski definition) is 12. The summed E-state index contributed by atoms with van der Waals surface area (Å²) in [4.78, 5) is 77.8. The van der Waals surface area contributed by atoms with Crippen molar-refractivity contribution in [1.29, 1.82) is 0 Å². The van der Waals surface area contributed by atoms with Gasteiger partial charge in [0.15, 0.2) is 0 Å². The Bertz CT molecular complexity index is 3720. The highest BCUT2D eigenvalue weighted by molar-refractivity contribution is 5.97. The average molecular weight is 1380 g/mol. The van der Waals surface area contributed by atoms with E-state index in [0.29, 0.717) is 113 Å². The van der Waals surface area contributed by atoms with E-state index in [-0.39, 0.29) is 55.6 Å². The van der Waals surface area contributed by atoms with Gasteiger partial charge in [0.05, 0.1) is 42.1 Å². The molecule has 99 heavy (non-hydrogen) atoms. The molecule has 10 rings (SSSR count). The fourth-order valence-electron chi connectivity index (χ4n) is 14.0. The number of hydrogen-bond donors (Lipinski definition) is 2. The number of amides is 5. The first-order valence-corrected chi connectivity index (χ1v) is 33.8. The molecule has 3 heterocycles. The molecule has 3 saturated heterocycles. The zero-order valence-electron chi connectivity index (χ0n) is 56.4. The molecule has 0 saturated carbocycles. The lowest BCUT2D eigenvalue weighted by atomic mass is 9.72. The number of rotatable bonds is 27. The molecule has 0 radical (unpaired) electrons. The molecule has 0 aromatic heterocycles. The van der Waals surface area contributed by atoms with E-state index in [1.807, 2.05) is 79.8 Å². The zero-order chi connectivity index (χ0) is 70.5. The molecule has 2 N–H and O–H groups in total. The molecule has 4 aliphatic rings. The van der Waals surface area contributed by atoms with Crippen LogP contribution >= 0.6 is 0 Å². The maximum absolute atomic E-state index is 14.3. The monoisotopic (exact) mass is 1380 g/mol. The molecule has 1 spiro atoms. The fourth-order valence-corrected chi connectivity index (χ4v) is 14.0. The number of alkyl halides is 6. The third kappa shape index (κ3) is 18.5. The van der Waals surface area contributed by atoms with Crippen molar-refractivity contribution in [1.82, 2.24) is 29.4 Å². The highest BCUT2D eigenvalue weighted by atomic mass is 19.4. The number of anilines is 2. The van der Waals surface area contributed by atoms with Gasteiger partial charge >= 0.3 is 18.4 Å². The second-order valence-corrected chi connectivity index (χ2v) is 26.3. The number of methoxy groups -OCH3 is 1. The van der Waals surface area contributed by atoms with Gasteiger partial charge in [0.25, 0.3) is 11.8 Å². The van der Waals surface area contributed by atoms with Crippen LogP contribution < -0.4 is 15.4 Å². The van der Waals surface area contributed by atoms with E-state index in [2.05, 4.69) is 32.6 Å². The third-order valence-corrected chi connectivity index (χ3v) is 19.8. The molecule has 530 valence electrons. The van der Waals surface area contributed by atoms with Crippen molar-refractivity contribution in [2.24, 2.45) is 0 Å². The zero-order valence-corrected chi connectivity index (χ0v) is 56.4. The molecule has 17 nitrogen and oxygen atoms in total. The molecule has 2 atom stereocenters. The first-order valence-electron chi connectivity index (χ1n) is 33.8. The minimum atomic E-state index is -5.15. The van der Waals surface area contributed by atoms with Crippen LogP contribution in [0, 0.1) is 5.82 Å². The fraction of sp³-hybridized carbons (Fsp3) is 0.453. The number of unbranched alkanes of at least 4 members (excludes halogenated alkanes) is 2. The van der Waals surface area contributed by atoms with Crippen molar-refractivity contribution in [2.75, 3.05) is 124 Å². The minimum absolute atomic E-state index is 0.0301. The minimum Gasteiger partial charge on any atom is -0.496 e. The van der Waals surface area contributed by atoms with E-state index >= 15 is 0 Å². The van der Waals surface area contributed by atoms with E-state index in [4.69, 9.17) is 18.9 Å². The topological polar surface area (TPSA) is 166 Å². The number of carbonyl (C=O) groups is 5. The largest absolute Gasteiger partial charge is 0.496 e. The lowest BCUT2D eigenvalue weighted by molar-refractivity contribution is -0.143. The number of ether oxygens (including phenoxy) is 4. The van der Waals surface area contributed by atoms with Crippen molar-refractivity contribution >= 4 is 41.1 Å². The molecule has 24 heteroatoms. The number of likely N-dealkylation sites (tertiary alicyclic amines) is 2. The van der Waals surface area contributed by atoms with Gasteiger partial charge in [0.2, 0.25) is 11.8 Å². The van der Waals surface area contributed by atoms with E-state index in [0.717, 1.165) is 84.6 Å². The lowest BCUT2D eigenvalue weighted by Crippen LogP contribution is -2.50. The molecule has 0 bridgehead atoms. The highest BCUT2D eigenvalue weighted by Crippen LogP contribution is 2.49. The summed E-state index contributed by atoms with van der Waals surface area (Å²) in [5.41, 5.74) is 0.893. The summed E-state index contributed by atoms with van der Waals surface area (Å²) in [7, 11) is 6.77. The molecule has 0 unspecified atom stereocenters. The Morgan fingerprint density at radius 1 is 0.677 bits per heavy atom. The summed E-state index contributed by atoms with van der Waals surface area (Å²) in [5.74, 6) is -1.53. The van der Waals surface area contributed by atoms with Crippen molar-refractivity contribution in [2.45, 2.75) is 106 Å². The summed E-state index contributed by atoms with van der Waals surface area (Å²) in [6, 6.07) is 37.3. The molecule has 6 aromatic carbocycles. The highest BCUT2D eigenvalue weighted by Gasteiger charge is 2.50. The summed E-state index contributed by atoms with van der Waals surface area (Å²) < 4.78 is 121. The van der Waals surface area contributed by atoms with Crippen molar-refractivity contribution in [3.63, 3.8) is 0 Å². The summed E-state index contributed by atoms with van der Waals surface area (Å²) in [6.45, 7) is 5.10.